The highest BCUT2D eigenvalue weighted by Gasteiger charge is 2.30. The lowest BCUT2D eigenvalue weighted by Crippen LogP contribution is -2.42. The smallest absolute Gasteiger partial charge is 0.325 e. The minimum absolute atomic E-state index is 0.257. The molecule has 0 aliphatic carbocycles. The van der Waals surface area contributed by atoms with Gasteiger partial charge in [0.05, 0.1) is 6.04 Å². The number of nitrogens with zero attached hydrogens (tertiary/aromatic N) is 2. The Morgan fingerprint density at radius 3 is 2.45 bits per heavy atom. The standard InChI is InChI=1S/C13H21Br2N3O2/c1-6-8-17-10(14)11(15)18(8)7(2)9(16)12(19)20-13(3,4)5/h7,9H,6,16H2,1-5H3. The summed E-state index contributed by atoms with van der Waals surface area (Å²) in [5.41, 5.74) is 5.50. The number of rotatable bonds is 4. The molecule has 5 nitrogen and oxygen atoms in total. The van der Waals surface area contributed by atoms with Crippen molar-refractivity contribution in [3.05, 3.63) is 15.0 Å². The predicted molar refractivity (Wildman–Crippen MR) is 85.5 cm³/mol. The Kier molecular flexibility index (Phi) is 5.80. The zero-order valence-electron chi connectivity index (χ0n) is 12.4. The summed E-state index contributed by atoms with van der Waals surface area (Å²) >= 11 is 6.84. The van der Waals surface area contributed by atoms with E-state index >= 15 is 0 Å². The second-order valence-electron chi connectivity index (χ2n) is 5.63. The van der Waals surface area contributed by atoms with Crippen LogP contribution in [0.4, 0.5) is 0 Å². The maximum absolute atomic E-state index is 12.1. The van der Waals surface area contributed by atoms with Crippen molar-refractivity contribution in [2.24, 2.45) is 5.73 Å². The molecule has 0 aromatic carbocycles. The van der Waals surface area contributed by atoms with Crippen LogP contribution in [0.1, 0.15) is 46.5 Å². The summed E-state index contributed by atoms with van der Waals surface area (Å²) in [5.74, 6) is 0.444. The van der Waals surface area contributed by atoms with E-state index in [1.165, 1.54) is 0 Å². The summed E-state index contributed by atoms with van der Waals surface area (Å²) in [7, 11) is 0. The molecule has 0 saturated carbocycles. The van der Waals surface area contributed by atoms with Gasteiger partial charge in [0.25, 0.3) is 0 Å². The van der Waals surface area contributed by atoms with E-state index < -0.39 is 17.6 Å². The zero-order chi connectivity index (χ0) is 15.7. The van der Waals surface area contributed by atoms with Crippen molar-refractivity contribution in [1.29, 1.82) is 0 Å². The molecule has 114 valence electrons. The fourth-order valence-electron chi connectivity index (χ4n) is 1.82. The van der Waals surface area contributed by atoms with Gasteiger partial charge in [0.1, 0.15) is 26.7 Å². The molecule has 0 amide bonds. The van der Waals surface area contributed by atoms with Crippen molar-refractivity contribution in [3.63, 3.8) is 0 Å². The first kappa shape index (κ1) is 17.7. The van der Waals surface area contributed by atoms with E-state index in [9.17, 15) is 4.79 Å². The van der Waals surface area contributed by atoms with Crippen LogP contribution in [0.15, 0.2) is 9.21 Å². The number of aryl methyl sites for hydroxylation is 1. The van der Waals surface area contributed by atoms with Crippen LogP contribution in [-0.2, 0) is 16.0 Å². The van der Waals surface area contributed by atoms with E-state index in [0.717, 1.165) is 16.8 Å². The number of esters is 1. The van der Waals surface area contributed by atoms with E-state index in [1.807, 2.05) is 39.2 Å². The van der Waals surface area contributed by atoms with Crippen molar-refractivity contribution < 1.29 is 9.53 Å². The van der Waals surface area contributed by atoms with E-state index in [2.05, 4.69) is 36.8 Å². The van der Waals surface area contributed by atoms with Gasteiger partial charge in [-0.25, -0.2) is 4.98 Å². The highest BCUT2D eigenvalue weighted by Crippen LogP contribution is 2.29. The first-order valence-corrected chi connectivity index (χ1v) is 8.07. The summed E-state index contributed by atoms with van der Waals surface area (Å²) in [6, 6.07) is -1.01. The third-order valence-electron chi connectivity index (χ3n) is 2.81. The van der Waals surface area contributed by atoms with Crippen molar-refractivity contribution in [3.8, 4) is 0 Å². The first-order chi connectivity index (χ1) is 9.08. The van der Waals surface area contributed by atoms with Crippen LogP contribution >= 0.6 is 31.9 Å². The maximum atomic E-state index is 12.1. The number of aromatic nitrogens is 2. The Morgan fingerprint density at radius 2 is 2.00 bits per heavy atom. The van der Waals surface area contributed by atoms with Gasteiger partial charge in [-0.3, -0.25) is 4.79 Å². The number of carbonyl (C=O) groups excluding carboxylic acids is 1. The average Bonchev–Trinajstić information content (AvgIpc) is 2.61. The predicted octanol–water partition coefficient (Wildman–Crippen LogP) is 3.20. The molecule has 1 aromatic heterocycles. The molecule has 7 heteroatoms. The summed E-state index contributed by atoms with van der Waals surface area (Å²) in [4.78, 5) is 16.5. The van der Waals surface area contributed by atoms with Crippen molar-refractivity contribution in [2.45, 2.75) is 58.7 Å². The van der Waals surface area contributed by atoms with Gasteiger partial charge in [-0.15, -0.1) is 0 Å². The molecular formula is C13H21Br2N3O2. The quantitative estimate of drug-likeness (QED) is 0.773. The van der Waals surface area contributed by atoms with Crippen LogP contribution in [-0.4, -0.2) is 27.2 Å². The van der Waals surface area contributed by atoms with Gasteiger partial charge in [-0.1, -0.05) is 6.92 Å². The Morgan fingerprint density at radius 1 is 1.45 bits per heavy atom. The maximum Gasteiger partial charge on any atom is 0.325 e. The van der Waals surface area contributed by atoms with Crippen molar-refractivity contribution in [1.82, 2.24) is 9.55 Å². The van der Waals surface area contributed by atoms with E-state index in [0.29, 0.717) is 4.60 Å². The Balaban J connectivity index is 3.00. The van der Waals surface area contributed by atoms with Gasteiger partial charge in [-0.2, -0.15) is 0 Å². The molecule has 0 radical (unpaired) electrons. The number of nitrogens with two attached hydrogens (primary N) is 1. The van der Waals surface area contributed by atoms with E-state index in [1.54, 1.807) is 0 Å². The average molecular weight is 411 g/mol. The summed E-state index contributed by atoms with van der Waals surface area (Å²) in [6.45, 7) is 9.35. The third-order valence-corrected chi connectivity index (χ3v) is 4.65. The number of ether oxygens (including phenoxy) is 1. The van der Waals surface area contributed by atoms with Crippen LogP contribution in [0, 0.1) is 0 Å². The molecule has 0 fully saturated rings. The molecule has 0 aliphatic rings. The first-order valence-electron chi connectivity index (χ1n) is 6.49. The molecule has 1 aromatic rings. The van der Waals surface area contributed by atoms with Crippen LogP contribution in [0.3, 0.4) is 0 Å². The SMILES string of the molecule is CCc1nc(Br)c(Br)n1C(C)C(N)C(=O)OC(C)(C)C. The minimum Gasteiger partial charge on any atom is -0.459 e. The van der Waals surface area contributed by atoms with Crippen molar-refractivity contribution >= 4 is 37.8 Å². The summed E-state index contributed by atoms with van der Waals surface area (Å²) in [6.07, 6.45) is 0.746. The Bertz CT molecular complexity index is 495. The number of imidazole rings is 1. The van der Waals surface area contributed by atoms with E-state index in [-0.39, 0.29) is 6.04 Å². The van der Waals surface area contributed by atoms with Crippen LogP contribution in [0.5, 0.6) is 0 Å². The zero-order valence-corrected chi connectivity index (χ0v) is 15.6. The molecule has 2 atom stereocenters. The highest BCUT2D eigenvalue weighted by molar-refractivity contribution is 9.13. The Labute approximate surface area is 136 Å². The van der Waals surface area contributed by atoms with Gasteiger partial charge >= 0.3 is 5.97 Å². The lowest BCUT2D eigenvalue weighted by atomic mass is 10.1. The molecule has 0 aliphatic heterocycles. The number of carbonyl (C=O) groups is 1. The number of halogens is 2. The Hall–Kier alpha value is -0.400. The second-order valence-corrected chi connectivity index (χ2v) is 7.14. The van der Waals surface area contributed by atoms with Crippen LogP contribution < -0.4 is 5.73 Å². The molecule has 1 rings (SSSR count). The van der Waals surface area contributed by atoms with Gasteiger partial charge in [0, 0.05) is 6.42 Å². The fraction of sp³-hybridized carbons (Fsp3) is 0.692. The highest BCUT2D eigenvalue weighted by atomic mass is 79.9. The molecule has 1 heterocycles. The fourth-order valence-corrected chi connectivity index (χ4v) is 2.83. The van der Waals surface area contributed by atoms with Gasteiger partial charge in [0.15, 0.2) is 0 Å². The molecule has 0 saturated heterocycles. The van der Waals surface area contributed by atoms with Gasteiger partial charge in [-0.05, 0) is 59.6 Å². The molecule has 2 N–H and O–H groups in total. The van der Waals surface area contributed by atoms with Crippen molar-refractivity contribution in [2.75, 3.05) is 0 Å². The lowest BCUT2D eigenvalue weighted by Gasteiger charge is -2.26. The largest absolute Gasteiger partial charge is 0.459 e. The lowest BCUT2D eigenvalue weighted by molar-refractivity contribution is -0.157. The third kappa shape index (κ3) is 4.05. The molecule has 2 unspecified atom stereocenters. The summed E-state index contributed by atoms with van der Waals surface area (Å²) < 4.78 is 8.74. The van der Waals surface area contributed by atoms with Crippen LogP contribution in [0.25, 0.3) is 0 Å². The molecule has 20 heavy (non-hydrogen) atoms. The monoisotopic (exact) mass is 409 g/mol. The molecular weight excluding hydrogens is 390 g/mol. The van der Waals surface area contributed by atoms with Gasteiger partial charge < -0.3 is 15.0 Å². The number of hydrogen-bond acceptors (Lipinski definition) is 4. The second kappa shape index (κ2) is 6.58. The van der Waals surface area contributed by atoms with E-state index in [4.69, 9.17) is 10.5 Å². The normalized spacial score (nSPS) is 15.0. The summed E-state index contributed by atoms with van der Waals surface area (Å²) in [5, 5.41) is 0. The topological polar surface area (TPSA) is 70.1 Å². The molecule has 0 spiro atoms. The number of hydrogen-bond donors (Lipinski definition) is 1. The van der Waals surface area contributed by atoms with Gasteiger partial charge in [0.2, 0.25) is 0 Å². The molecule has 0 bridgehead atoms. The van der Waals surface area contributed by atoms with Crippen LogP contribution in [0.2, 0.25) is 0 Å². The minimum atomic E-state index is -0.753.